The SMILES string of the molecule is CCC(CC)(CO[PH](=O)O)N1CCC(N)CC1. The average molecular weight is 264 g/mol. The minimum atomic E-state index is -2.84. The van der Waals surface area contributed by atoms with Crippen molar-refractivity contribution in [3.63, 3.8) is 0 Å². The summed E-state index contributed by atoms with van der Waals surface area (Å²) in [4.78, 5) is 11.2. The van der Waals surface area contributed by atoms with Gasteiger partial charge in [0.2, 0.25) is 0 Å². The smallest absolute Gasteiger partial charge is 0.316 e. The normalized spacial score (nSPS) is 21.6. The molecule has 1 heterocycles. The molecular weight excluding hydrogens is 239 g/mol. The van der Waals surface area contributed by atoms with Crippen LogP contribution < -0.4 is 5.73 Å². The molecule has 1 aliphatic rings. The Bertz CT molecular complexity index is 251. The number of hydrogen-bond acceptors (Lipinski definition) is 4. The Morgan fingerprint density at radius 2 is 1.94 bits per heavy atom. The van der Waals surface area contributed by atoms with E-state index in [1.807, 2.05) is 0 Å². The lowest BCUT2D eigenvalue weighted by molar-refractivity contribution is 0.0138. The molecule has 1 fully saturated rings. The molecule has 0 aromatic heterocycles. The quantitative estimate of drug-likeness (QED) is 0.709. The van der Waals surface area contributed by atoms with E-state index in [2.05, 4.69) is 18.7 Å². The minimum absolute atomic E-state index is 0.108. The third-order valence-electron chi connectivity index (χ3n) is 3.99. The zero-order valence-electron chi connectivity index (χ0n) is 10.8. The van der Waals surface area contributed by atoms with Gasteiger partial charge in [0, 0.05) is 24.7 Å². The van der Waals surface area contributed by atoms with Crippen molar-refractivity contribution >= 4 is 8.25 Å². The maximum Gasteiger partial charge on any atom is 0.316 e. The standard InChI is InChI=1S/C11H25N2O3P/c1-3-11(4-2,9-16-17(14)15)13-7-5-10(12)6-8-13/h10,17H,3-9,12H2,1-2H3,(H,14,15). The van der Waals surface area contributed by atoms with Crippen molar-refractivity contribution in [1.29, 1.82) is 0 Å². The highest BCUT2D eigenvalue weighted by molar-refractivity contribution is 7.32. The third kappa shape index (κ3) is 4.04. The monoisotopic (exact) mass is 264 g/mol. The van der Waals surface area contributed by atoms with Crippen LogP contribution in [0.1, 0.15) is 39.5 Å². The second-order valence-corrected chi connectivity index (χ2v) is 5.63. The van der Waals surface area contributed by atoms with Crippen LogP contribution in [-0.4, -0.2) is 41.1 Å². The molecule has 1 atom stereocenters. The lowest BCUT2D eigenvalue weighted by Gasteiger charge is -2.45. The molecule has 0 aromatic rings. The molecule has 1 aliphatic heterocycles. The first-order valence-corrected chi connectivity index (χ1v) is 7.67. The number of hydrogen-bond donors (Lipinski definition) is 2. The molecule has 17 heavy (non-hydrogen) atoms. The summed E-state index contributed by atoms with van der Waals surface area (Å²) in [5, 5.41) is 0. The molecule has 0 spiro atoms. The summed E-state index contributed by atoms with van der Waals surface area (Å²) >= 11 is 0. The molecule has 0 aromatic carbocycles. The van der Waals surface area contributed by atoms with E-state index in [0.29, 0.717) is 12.6 Å². The first kappa shape index (κ1) is 15.1. The molecule has 0 bridgehead atoms. The zero-order valence-corrected chi connectivity index (χ0v) is 11.8. The van der Waals surface area contributed by atoms with Crippen molar-refractivity contribution in [3.05, 3.63) is 0 Å². The van der Waals surface area contributed by atoms with Gasteiger partial charge in [0.15, 0.2) is 0 Å². The maximum atomic E-state index is 10.7. The van der Waals surface area contributed by atoms with Gasteiger partial charge in [-0.2, -0.15) is 0 Å². The van der Waals surface area contributed by atoms with E-state index >= 15 is 0 Å². The van der Waals surface area contributed by atoms with Crippen LogP contribution in [0.5, 0.6) is 0 Å². The van der Waals surface area contributed by atoms with Gasteiger partial charge in [-0.25, -0.2) is 0 Å². The van der Waals surface area contributed by atoms with Crippen LogP contribution in [0.2, 0.25) is 0 Å². The molecule has 3 N–H and O–H groups in total. The van der Waals surface area contributed by atoms with Crippen LogP contribution >= 0.6 is 8.25 Å². The van der Waals surface area contributed by atoms with E-state index in [1.165, 1.54) is 0 Å². The predicted octanol–water partition coefficient (Wildman–Crippen LogP) is 1.37. The highest BCUT2D eigenvalue weighted by Gasteiger charge is 2.35. The Hall–Kier alpha value is 0.0700. The van der Waals surface area contributed by atoms with E-state index in [4.69, 9.17) is 15.2 Å². The fourth-order valence-electron chi connectivity index (χ4n) is 2.56. The summed E-state index contributed by atoms with van der Waals surface area (Å²) in [6, 6.07) is 0.301. The summed E-state index contributed by atoms with van der Waals surface area (Å²) in [5.41, 5.74) is 5.79. The van der Waals surface area contributed by atoms with Gasteiger partial charge >= 0.3 is 8.25 Å². The van der Waals surface area contributed by atoms with Crippen LogP contribution in [0.25, 0.3) is 0 Å². The van der Waals surface area contributed by atoms with E-state index in [-0.39, 0.29) is 5.54 Å². The van der Waals surface area contributed by atoms with E-state index in [0.717, 1.165) is 38.8 Å². The fraction of sp³-hybridized carbons (Fsp3) is 1.00. The van der Waals surface area contributed by atoms with Gasteiger partial charge in [0.1, 0.15) is 0 Å². The van der Waals surface area contributed by atoms with Crippen LogP contribution in [0.4, 0.5) is 0 Å². The van der Waals surface area contributed by atoms with Crippen molar-refractivity contribution in [2.24, 2.45) is 5.73 Å². The van der Waals surface area contributed by atoms with E-state index < -0.39 is 8.25 Å². The molecule has 1 unspecified atom stereocenters. The molecule has 0 aliphatic carbocycles. The van der Waals surface area contributed by atoms with Gasteiger partial charge < -0.3 is 15.2 Å². The topological polar surface area (TPSA) is 75.8 Å². The summed E-state index contributed by atoms with van der Waals surface area (Å²) in [6.45, 7) is 6.46. The molecule has 6 heteroatoms. The first-order chi connectivity index (χ1) is 8.04. The van der Waals surface area contributed by atoms with Crippen molar-refractivity contribution in [2.75, 3.05) is 19.7 Å². The number of nitrogens with zero attached hydrogens (tertiary/aromatic N) is 1. The summed E-state index contributed by atoms with van der Waals surface area (Å²) in [6.07, 6.45) is 3.84. The molecule has 1 rings (SSSR count). The van der Waals surface area contributed by atoms with Crippen LogP contribution in [0, 0.1) is 0 Å². The van der Waals surface area contributed by atoms with Crippen LogP contribution in [-0.2, 0) is 9.09 Å². The number of rotatable bonds is 6. The molecule has 5 nitrogen and oxygen atoms in total. The van der Waals surface area contributed by atoms with Gasteiger partial charge in [-0.3, -0.25) is 9.46 Å². The van der Waals surface area contributed by atoms with Gasteiger partial charge in [0.25, 0.3) is 0 Å². The molecule has 0 amide bonds. The van der Waals surface area contributed by atoms with Crippen LogP contribution in [0.15, 0.2) is 0 Å². The number of nitrogens with two attached hydrogens (primary N) is 1. The molecule has 1 saturated heterocycles. The minimum Gasteiger partial charge on any atom is -0.328 e. The highest BCUT2D eigenvalue weighted by Crippen LogP contribution is 2.30. The Labute approximate surface area is 104 Å². The van der Waals surface area contributed by atoms with E-state index in [1.54, 1.807) is 0 Å². The predicted molar refractivity (Wildman–Crippen MR) is 69.3 cm³/mol. The van der Waals surface area contributed by atoms with Crippen LogP contribution in [0.3, 0.4) is 0 Å². The van der Waals surface area contributed by atoms with Gasteiger partial charge in [0.05, 0.1) is 6.61 Å². The fourth-order valence-corrected chi connectivity index (χ4v) is 2.95. The van der Waals surface area contributed by atoms with E-state index in [9.17, 15) is 4.57 Å². The van der Waals surface area contributed by atoms with Crippen molar-refractivity contribution in [2.45, 2.75) is 51.1 Å². The molecule has 102 valence electrons. The Morgan fingerprint density at radius 3 is 2.35 bits per heavy atom. The Morgan fingerprint density at radius 1 is 1.41 bits per heavy atom. The summed E-state index contributed by atoms with van der Waals surface area (Å²) in [5.74, 6) is 0. The second-order valence-electron chi connectivity index (χ2n) is 4.81. The van der Waals surface area contributed by atoms with Crippen molar-refractivity contribution in [3.8, 4) is 0 Å². The average Bonchev–Trinajstić information content (AvgIpc) is 2.32. The lowest BCUT2D eigenvalue weighted by Crippen LogP contribution is -2.55. The lowest BCUT2D eigenvalue weighted by atomic mass is 9.89. The molecule has 0 radical (unpaired) electrons. The Balaban J connectivity index is 2.65. The van der Waals surface area contributed by atoms with Gasteiger partial charge in [-0.15, -0.1) is 0 Å². The van der Waals surface area contributed by atoms with Gasteiger partial charge in [-0.1, -0.05) is 13.8 Å². The summed E-state index contributed by atoms with van der Waals surface area (Å²) in [7, 11) is -2.84. The molecular formula is C11H25N2O3P. The largest absolute Gasteiger partial charge is 0.328 e. The highest BCUT2D eigenvalue weighted by atomic mass is 31.1. The van der Waals surface area contributed by atoms with Crippen molar-refractivity contribution < 1.29 is 14.0 Å². The number of piperidine rings is 1. The summed E-state index contributed by atoms with van der Waals surface area (Å²) < 4.78 is 15.7. The third-order valence-corrected chi connectivity index (χ3v) is 4.38. The number of likely N-dealkylation sites (tertiary alicyclic amines) is 1. The first-order valence-electron chi connectivity index (χ1n) is 6.40. The van der Waals surface area contributed by atoms with Crippen molar-refractivity contribution in [1.82, 2.24) is 4.90 Å². The molecule has 0 saturated carbocycles. The zero-order chi connectivity index (χ0) is 12.9. The maximum absolute atomic E-state index is 10.7. The Kier molecular flexibility index (Phi) is 6.10. The second kappa shape index (κ2) is 6.86. The van der Waals surface area contributed by atoms with Gasteiger partial charge in [-0.05, 0) is 25.7 Å².